The molecule has 3 aliphatic rings. The summed E-state index contributed by atoms with van der Waals surface area (Å²) in [5, 5.41) is 7.02. The Morgan fingerprint density at radius 3 is 2.67 bits per heavy atom. The molecule has 7 nitrogen and oxygen atoms in total. The number of furan rings is 1. The van der Waals surface area contributed by atoms with Gasteiger partial charge in [-0.25, -0.2) is 0 Å². The minimum absolute atomic E-state index is 0.122. The van der Waals surface area contributed by atoms with Gasteiger partial charge in [-0.15, -0.1) is 0 Å². The fraction of sp³-hybridized carbons (Fsp3) is 0.609. The van der Waals surface area contributed by atoms with Crippen LogP contribution in [0.4, 0.5) is 13.2 Å². The molecule has 0 spiro atoms. The van der Waals surface area contributed by atoms with Crippen LogP contribution in [-0.4, -0.2) is 40.7 Å². The van der Waals surface area contributed by atoms with E-state index in [2.05, 4.69) is 10.4 Å². The van der Waals surface area contributed by atoms with Crippen molar-refractivity contribution in [1.82, 2.24) is 15.1 Å². The van der Waals surface area contributed by atoms with Gasteiger partial charge in [-0.3, -0.25) is 14.3 Å². The van der Waals surface area contributed by atoms with Crippen molar-refractivity contribution in [3.63, 3.8) is 0 Å². The molecule has 0 radical (unpaired) electrons. The van der Waals surface area contributed by atoms with Crippen molar-refractivity contribution in [3.05, 3.63) is 28.8 Å². The van der Waals surface area contributed by atoms with Crippen molar-refractivity contribution in [2.24, 2.45) is 5.92 Å². The number of ether oxygens (including phenoxy) is 1. The molecule has 0 unspecified atom stereocenters. The first kappa shape index (κ1) is 22.2. The summed E-state index contributed by atoms with van der Waals surface area (Å²) in [4.78, 5) is 24.2. The van der Waals surface area contributed by atoms with Crippen LogP contribution in [0.5, 0.6) is 0 Å². The maximum atomic E-state index is 14.2. The fourth-order valence-corrected chi connectivity index (χ4v) is 5.07. The third kappa shape index (κ3) is 4.45. The van der Waals surface area contributed by atoms with Crippen molar-refractivity contribution in [2.45, 2.75) is 70.2 Å². The van der Waals surface area contributed by atoms with Gasteiger partial charge >= 0.3 is 6.18 Å². The lowest BCUT2D eigenvalue weighted by Gasteiger charge is -2.20. The lowest BCUT2D eigenvalue weighted by atomic mass is 9.88. The average molecular weight is 465 g/mol. The first-order chi connectivity index (χ1) is 15.8. The van der Waals surface area contributed by atoms with Crippen molar-refractivity contribution in [1.29, 1.82) is 0 Å². The highest BCUT2D eigenvalue weighted by Crippen LogP contribution is 2.46. The number of carbonyl (C=O) groups excluding carboxylic acids is 2. The summed E-state index contributed by atoms with van der Waals surface area (Å²) >= 11 is 0. The van der Waals surface area contributed by atoms with Gasteiger partial charge in [0.25, 0.3) is 5.91 Å². The van der Waals surface area contributed by atoms with E-state index in [9.17, 15) is 22.8 Å². The predicted molar refractivity (Wildman–Crippen MR) is 111 cm³/mol. The van der Waals surface area contributed by atoms with E-state index < -0.39 is 23.4 Å². The Kier molecular flexibility index (Phi) is 5.80. The van der Waals surface area contributed by atoms with E-state index in [1.54, 1.807) is 10.9 Å². The van der Waals surface area contributed by atoms with Gasteiger partial charge in [0.1, 0.15) is 17.1 Å². The van der Waals surface area contributed by atoms with Gasteiger partial charge in [-0.05, 0) is 43.6 Å². The zero-order chi connectivity index (χ0) is 23.2. The number of halogens is 3. The van der Waals surface area contributed by atoms with E-state index in [0.717, 1.165) is 25.7 Å². The van der Waals surface area contributed by atoms with Crippen molar-refractivity contribution in [3.8, 4) is 11.3 Å². The van der Waals surface area contributed by atoms with Crippen LogP contribution in [-0.2, 0) is 35.1 Å². The molecular formula is C23H26F3N3O4. The molecule has 3 heterocycles. The summed E-state index contributed by atoms with van der Waals surface area (Å²) in [5.41, 5.74) is -0.232. The van der Waals surface area contributed by atoms with Gasteiger partial charge in [0, 0.05) is 45.2 Å². The Morgan fingerprint density at radius 1 is 1.18 bits per heavy atom. The second-order valence-corrected chi connectivity index (χ2v) is 9.15. The third-order valence-electron chi connectivity index (χ3n) is 6.79. The largest absolute Gasteiger partial charge is 0.455 e. The molecule has 1 saturated heterocycles. The molecule has 10 heteroatoms. The zero-order valence-electron chi connectivity index (χ0n) is 18.2. The summed E-state index contributed by atoms with van der Waals surface area (Å²) in [5.74, 6) is -0.923. The zero-order valence-corrected chi connectivity index (χ0v) is 18.2. The minimum atomic E-state index is -4.77. The molecule has 2 aromatic rings. The molecular weight excluding hydrogens is 439 g/mol. The smallest absolute Gasteiger partial charge is 0.420 e. The van der Waals surface area contributed by atoms with Crippen LogP contribution in [0.1, 0.15) is 66.0 Å². The van der Waals surface area contributed by atoms with Crippen LogP contribution in [0, 0.1) is 5.92 Å². The topological polar surface area (TPSA) is 86.4 Å². The number of alkyl halides is 3. The second-order valence-electron chi connectivity index (χ2n) is 9.15. The number of aryl methyl sites for hydroxylation is 2. The normalized spacial score (nSPS) is 21.2. The Balaban J connectivity index is 1.43. The lowest BCUT2D eigenvalue weighted by Crippen LogP contribution is -2.32. The first-order valence-corrected chi connectivity index (χ1v) is 11.5. The highest BCUT2D eigenvalue weighted by atomic mass is 19.4. The Morgan fingerprint density at radius 2 is 1.97 bits per heavy atom. The molecule has 2 aliphatic carbocycles. The van der Waals surface area contributed by atoms with Crippen LogP contribution in [0.25, 0.3) is 11.3 Å². The number of hydrogen-bond donors (Lipinski definition) is 1. The summed E-state index contributed by atoms with van der Waals surface area (Å²) < 4.78 is 55.1. The fourth-order valence-electron chi connectivity index (χ4n) is 5.07. The van der Waals surface area contributed by atoms with Gasteiger partial charge in [-0.2, -0.15) is 18.3 Å². The summed E-state index contributed by atoms with van der Waals surface area (Å²) in [7, 11) is 0. The molecule has 2 fully saturated rings. The second kappa shape index (κ2) is 8.62. The molecule has 178 valence electrons. The quantitative estimate of drug-likeness (QED) is 0.723. The van der Waals surface area contributed by atoms with E-state index >= 15 is 0 Å². The highest BCUT2D eigenvalue weighted by Gasteiger charge is 2.45. The molecule has 1 atom stereocenters. The number of ketones is 1. The van der Waals surface area contributed by atoms with E-state index in [1.165, 1.54) is 0 Å². The minimum Gasteiger partial charge on any atom is -0.455 e. The monoisotopic (exact) mass is 465 g/mol. The van der Waals surface area contributed by atoms with Gasteiger partial charge in [-0.1, -0.05) is 0 Å². The SMILES string of the molecule is O=C1CCC(Cn2cc3c(n2)-c2c(oc(C(=O)NC[C@@H]4CCCO4)c2C(F)(F)F)CC3)CC1. The number of fused-ring (bicyclic) bond motifs is 3. The lowest BCUT2D eigenvalue weighted by molar-refractivity contribution is -0.137. The Bertz CT molecular complexity index is 1060. The van der Waals surface area contributed by atoms with E-state index in [-0.39, 0.29) is 47.8 Å². The number of aromatic nitrogens is 2. The molecule has 1 N–H and O–H groups in total. The van der Waals surface area contributed by atoms with E-state index in [4.69, 9.17) is 9.15 Å². The summed E-state index contributed by atoms with van der Waals surface area (Å²) in [6.45, 7) is 1.29. The maximum absolute atomic E-state index is 14.2. The molecule has 1 amide bonds. The van der Waals surface area contributed by atoms with E-state index in [1.807, 2.05) is 0 Å². The molecule has 33 heavy (non-hydrogen) atoms. The predicted octanol–water partition coefficient (Wildman–Crippen LogP) is 3.93. The molecule has 5 rings (SSSR count). The number of nitrogens with one attached hydrogen (secondary N) is 1. The molecule has 1 saturated carbocycles. The van der Waals surface area contributed by atoms with Gasteiger partial charge in [0.05, 0.1) is 17.4 Å². The van der Waals surface area contributed by atoms with Crippen LogP contribution < -0.4 is 5.32 Å². The molecule has 0 bridgehead atoms. The molecule has 2 aromatic heterocycles. The maximum Gasteiger partial charge on any atom is 0.420 e. The Hall–Kier alpha value is -2.62. The summed E-state index contributed by atoms with van der Waals surface area (Å²) in [6.07, 6.45) is 1.84. The van der Waals surface area contributed by atoms with Crippen molar-refractivity contribution < 1.29 is 31.9 Å². The first-order valence-electron chi connectivity index (χ1n) is 11.5. The van der Waals surface area contributed by atoms with Crippen molar-refractivity contribution in [2.75, 3.05) is 13.2 Å². The Labute approximate surface area is 188 Å². The van der Waals surface area contributed by atoms with Gasteiger partial charge in [0.15, 0.2) is 0 Å². The van der Waals surface area contributed by atoms with Crippen LogP contribution >= 0.6 is 0 Å². The summed E-state index contributed by atoms with van der Waals surface area (Å²) in [6, 6.07) is 0. The van der Waals surface area contributed by atoms with Crippen LogP contribution in [0.3, 0.4) is 0 Å². The van der Waals surface area contributed by atoms with Gasteiger partial charge < -0.3 is 14.5 Å². The van der Waals surface area contributed by atoms with Crippen LogP contribution in [0.15, 0.2) is 10.6 Å². The number of carbonyl (C=O) groups is 2. The highest BCUT2D eigenvalue weighted by molar-refractivity contribution is 5.96. The standard InChI is InChI=1S/C23H26F3N3O4/c24-23(25,26)19-18-17(33-21(19)22(31)27-10-16-2-1-9-32-16)8-5-14-12-29(28-20(14)18)11-13-3-6-15(30)7-4-13/h12-13,16H,1-11H2,(H,27,31)/t16-/m0/s1. The average Bonchev–Trinajstić information content (AvgIpc) is 3.50. The number of amides is 1. The number of nitrogens with zero attached hydrogens (tertiary/aromatic N) is 2. The number of Topliss-reactive ketones (excluding diaryl/α,β-unsaturated/α-hetero) is 1. The number of hydrogen-bond acceptors (Lipinski definition) is 5. The molecule has 0 aromatic carbocycles. The third-order valence-corrected chi connectivity index (χ3v) is 6.79. The van der Waals surface area contributed by atoms with Gasteiger partial charge in [0.2, 0.25) is 5.76 Å². The van der Waals surface area contributed by atoms with Crippen LogP contribution in [0.2, 0.25) is 0 Å². The molecule has 1 aliphatic heterocycles. The number of rotatable bonds is 5. The van der Waals surface area contributed by atoms with Crippen molar-refractivity contribution >= 4 is 11.7 Å². The van der Waals surface area contributed by atoms with E-state index in [0.29, 0.717) is 38.0 Å².